The normalized spacial score (nSPS) is 15.9. The number of likely N-dealkylation sites (N-methyl/N-ethyl adjacent to an activating group) is 1. The van der Waals surface area contributed by atoms with Crippen LogP contribution >= 0.6 is 0 Å². The number of anilines is 1. The SMILES string of the molecule is CN1CCN(Cc2ccc(NC(=O)c3cccn(C)c3=O)cc2)CC1. The van der Waals surface area contributed by atoms with Gasteiger partial charge in [0.15, 0.2) is 0 Å². The lowest BCUT2D eigenvalue weighted by Gasteiger charge is -2.32. The molecule has 6 nitrogen and oxygen atoms in total. The minimum absolute atomic E-state index is 0.145. The molecule has 2 aromatic rings. The van der Waals surface area contributed by atoms with Crippen molar-refractivity contribution in [3.05, 3.63) is 64.1 Å². The van der Waals surface area contributed by atoms with Crippen LogP contribution in [0.5, 0.6) is 0 Å². The lowest BCUT2D eigenvalue weighted by Crippen LogP contribution is -2.43. The predicted molar refractivity (Wildman–Crippen MR) is 98.9 cm³/mol. The summed E-state index contributed by atoms with van der Waals surface area (Å²) in [4.78, 5) is 29.0. The Bertz CT molecular complexity index is 790. The quantitative estimate of drug-likeness (QED) is 0.914. The average molecular weight is 340 g/mol. The Labute approximate surface area is 147 Å². The zero-order chi connectivity index (χ0) is 17.8. The van der Waals surface area contributed by atoms with Crippen molar-refractivity contribution in [1.82, 2.24) is 14.4 Å². The van der Waals surface area contributed by atoms with Crippen LogP contribution in [-0.2, 0) is 13.6 Å². The van der Waals surface area contributed by atoms with E-state index < -0.39 is 0 Å². The Hall–Kier alpha value is -2.44. The topological polar surface area (TPSA) is 57.6 Å². The van der Waals surface area contributed by atoms with Gasteiger partial charge < -0.3 is 14.8 Å². The Morgan fingerprint density at radius 2 is 1.72 bits per heavy atom. The third-order valence-electron chi connectivity index (χ3n) is 4.58. The summed E-state index contributed by atoms with van der Waals surface area (Å²) in [6.45, 7) is 5.26. The highest BCUT2D eigenvalue weighted by Gasteiger charge is 2.14. The number of aryl methyl sites for hydroxylation is 1. The van der Waals surface area contributed by atoms with Gasteiger partial charge in [0.2, 0.25) is 0 Å². The van der Waals surface area contributed by atoms with Crippen molar-refractivity contribution in [1.29, 1.82) is 0 Å². The van der Waals surface area contributed by atoms with Gasteiger partial charge in [-0.25, -0.2) is 0 Å². The van der Waals surface area contributed by atoms with E-state index in [2.05, 4.69) is 22.2 Å². The molecule has 1 aromatic heterocycles. The standard InChI is InChI=1S/C19H24N4O2/c1-21-10-12-23(13-11-21)14-15-5-7-16(8-6-15)20-18(24)17-4-3-9-22(2)19(17)25/h3-9H,10-14H2,1-2H3,(H,20,24). The first-order valence-electron chi connectivity index (χ1n) is 8.50. The van der Waals surface area contributed by atoms with E-state index in [1.54, 1.807) is 25.4 Å². The molecule has 25 heavy (non-hydrogen) atoms. The first kappa shape index (κ1) is 17.4. The summed E-state index contributed by atoms with van der Waals surface area (Å²) < 4.78 is 1.40. The highest BCUT2D eigenvalue weighted by molar-refractivity contribution is 6.03. The number of rotatable bonds is 4. The van der Waals surface area contributed by atoms with Crippen LogP contribution in [0.4, 0.5) is 5.69 Å². The summed E-state index contributed by atoms with van der Waals surface area (Å²) in [5.74, 6) is -0.381. The molecule has 0 radical (unpaired) electrons. The van der Waals surface area contributed by atoms with Crippen LogP contribution in [0, 0.1) is 0 Å². The summed E-state index contributed by atoms with van der Waals surface area (Å²) >= 11 is 0. The molecule has 1 saturated heterocycles. The Kier molecular flexibility index (Phi) is 5.31. The maximum absolute atomic E-state index is 12.3. The molecule has 0 bridgehead atoms. The van der Waals surface area contributed by atoms with Crippen LogP contribution in [0.3, 0.4) is 0 Å². The van der Waals surface area contributed by atoms with E-state index >= 15 is 0 Å². The third kappa shape index (κ3) is 4.35. The molecule has 1 amide bonds. The zero-order valence-electron chi connectivity index (χ0n) is 14.7. The van der Waals surface area contributed by atoms with Crippen molar-refractivity contribution >= 4 is 11.6 Å². The molecule has 1 fully saturated rings. The number of nitrogens with one attached hydrogen (secondary N) is 1. The first-order valence-corrected chi connectivity index (χ1v) is 8.50. The van der Waals surface area contributed by atoms with Crippen LogP contribution in [0.15, 0.2) is 47.4 Å². The fraction of sp³-hybridized carbons (Fsp3) is 0.368. The number of carbonyl (C=O) groups is 1. The van der Waals surface area contributed by atoms with Gasteiger partial charge in [0, 0.05) is 51.7 Å². The van der Waals surface area contributed by atoms with E-state index in [1.807, 2.05) is 24.3 Å². The number of nitrogens with zero attached hydrogens (tertiary/aromatic N) is 3. The van der Waals surface area contributed by atoms with Gasteiger partial charge in [0.05, 0.1) is 0 Å². The van der Waals surface area contributed by atoms with Crippen molar-refractivity contribution in [3.63, 3.8) is 0 Å². The van der Waals surface area contributed by atoms with Crippen LogP contribution in [0.2, 0.25) is 0 Å². The van der Waals surface area contributed by atoms with Gasteiger partial charge >= 0.3 is 0 Å². The maximum atomic E-state index is 12.3. The lowest BCUT2D eigenvalue weighted by atomic mass is 10.1. The molecule has 3 rings (SSSR count). The Morgan fingerprint density at radius 1 is 1.04 bits per heavy atom. The predicted octanol–water partition coefficient (Wildman–Crippen LogP) is 1.38. The molecule has 1 aliphatic heterocycles. The number of hydrogen-bond donors (Lipinski definition) is 1. The summed E-state index contributed by atoms with van der Waals surface area (Å²) in [5.41, 5.74) is 1.76. The van der Waals surface area contributed by atoms with Gasteiger partial charge in [-0.05, 0) is 36.9 Å². The second-order valence-electron chi connectivity index (χ2n) is 6.57. The smallest absolute Gasteiger partial charge is 0.263 e. The van der Waals surface area contributed by atoms with Gasteiger partial charge in [0.25, 0.3) is 11.5 Å². The van der Waals surface area contributed by atoms with Gasteiger partial charge in [0.1, 0.15) is 5.56 Å². The van der Waals surface area contributed by atoms with E-state index in [0.29, 0.717) is 5.69 Å². The number of piperazine rings is 1. The van der Waals surface area contributed by atoms with Crippen molar-refractivity contribution < 1.29 is 4.79 Å². The second-order valence-corrected chi connectivity index (χ2v) is 6.57. The number of carbonyl (C=O) groups excluding carboxylic acids is 1. The molecule has 2 heterocycles. The molecule has 0 aliphatic carbocycles. The first-order chi connectivity index (χ1) is 12.0. The molecule has 6 heteroatoms. The van der Waals surface area contributed by atoms with E-state index in [9.17, 15) is 9.59 Å². The van der Waals surface area contributed by atoms with Gasteiger partial charge in [-0.1, -0.05) is 12.1 Å². The summed E-state index contributed by atoms with van der Waals surface area (Å²) in [5, 5.41) is 2.79. The molecular weight excluding hydrogens is 316 g/mol. The average Bonchev–Trinajstić information content (AvgIpc) is 2.61. The Balaban J connectivity index is 1.61. The minimum atomic E-state index is -0.381. The van der Waals surface area contributed by atoms with Crippen molar-refractivity contribution in [3.8, 4) is 0 Å². The molecule has 0 saturated carbocycles. The van der Waals surface area contributed by atoms with Crippen LogP contribution in [0.1, 0.15) is 15.9 Å². The molecular formula is C19H24N4O2. The molecule has 1 aromatic carbocycles. The molecule has 132 valence electrons. The van der Waals surface area contributed by atoms with Crippen LogP contribution < -0.4 is 10.9 Å². The number of aromatic nitrogens is 1. The lowest BCUT2D eigenvalue weighted by molar-refractivity contribution is 0.102. The zero-order valence-corrected chi connectivity index (χ0v) is 14.7. The maximum Gasteiger partial charge on any atom is 0.263 e. The third-order valence-corrected chi connectivity index (χ3v) is 4.58. The summed E-state index contributed by atoms with van der Waals surface area (Å²) in [7, 11) is 3.78. The summed E-state index contributed by atoms with van der Waals surface area (Å²) in [6.07, 6.45) is 1.63. The Morgan fingerprint density at radius 3 is 2.40 bits per heavy atom. The molecule has 0 unspecified atom stereocenters. The van der Waals surface area contributed by atoms with E-state index in [4.69, 9.17) is 0 Å². The van der Waals surface area contributed by atoms with E-state index in [1.165, 1.54) is 10.1 Å². The highest BCUT2D eigenvalue weighted by atomic mass is 16.2. The highest BCUT2D eigenvalue weighted by Crippen LogP contribution is 2.13. The molecule has 1 N–H and O–H groups in total. The second kappa shape index (κ2) is 7.63. The number of pyridine rings is 1. The summed E-state index contributed by atoms with van der Waals surface area (Å²) in [6, 6.07) is 11.1. The van der Waals surface area contributed by atoms with Gasteiger partial charge in [-0.3, -0.25) is 14.5 Å². The fourth-order valence-electron chi connectivity index (χ4n) is 2.93. The van der Waals surface area contributed by atoms with Gasteiger partial charge in [-0.15, -0.1) is 0 Å². The molecule has 1 aliphatic rings. The van der Waals surface area contributed by atoms with Crippen molar-refractivity contribution in [2.45, 2.75) is 6.54 Å². The van der Waals surface area contributed by atoms with Crippen molar-refractivity contribution in [2.75, 3.05) is 38.5 Å². The van der Waals surface area contributed by atoms with Crippen LogP contribution in [0.25, 0.3) is 0 Å². The number of amides is 1. The largest absolute Gasteiger partial charge is 0.322 e. The number of benzene rings is 1. The van der Waals surface area contributed by atoms with Crippen LogP contribution in [-0.4, -0.2) is 53.5 Å². The molecule has 0 spiro atoms. The van der Waals surface area contributed by atoms with E-state index in [0.717, 1.165) is 32.7 Å². The fourth-order valence-corrected chi connectivity index (χ4v) is 2.93. The molecule has 0 atom stereocenters. The number of hydrogen-bond acceptors (Lipinski definition) is 4. The minimum Gasteiger partial charge on any atom is -0.322 e. The monoisotopic (exact) mass is 340 g/mol. The van der Waals surface area contributed by atoms with E-state index in [-0.39, 0.29) is 17.0 Å². The van der Waals surface area contributed by atoms with Gasteiger partial charge in [-0.2, -0.15) is 0 Å². The van der Waals surface area contributed by atoms with Crippen molar-refractivity contribution in [2.24, 2.45) is 7.05 Å².